The first-order valence-electron chi connectivity index (χ1n) is 12.9. The summed E-state index contributed by atoms with van der Waals surface area (Å²) in [6.07, 6.45) is -1.29. The number of hydrogen-bond acceptors (Lipinski definition) is 6. The normalized spacial score (nSPS) is 18.6. The smallest absolute Gasteiger partial charge is 0.407 e. The molecule has 4 rings (SSSR count). The van der Waals surface area contributed by atoms with Crippen LogP contribution in [0.15, 0.2) is 48.5 Å². The van der Waals surface area contributed by atoms with Gasteiger partial charge in [0.1, 0.15) is 18.4 Å². The van der Waals surface area contributed by atoms with Gasteiger partial charge in [0, 0.05) is 11.5 Å². The molecule has 10 nitrogen and oxygen atoms in total. The maximum Gasteiger partial charge on any atom is 0.407 e. The number of carbonyl (C=O) groups excluding carboxylic acids is 3. The van der Waals surface area contributed by atoms with Gasteiger partial charge in [-0.2, -0.15) is 0 Å². The number of aliphatic carboxylic acids is 1. The van der Waals surface area contributed by atoms with Crippen LogP contribution >= 0.6 is 0 Å². The summed E-state index contributed by atoms with van der Waals surface area (Å²) in [6, 6.07) is 13.2. The summed E-state index contributed by atoms with van der Waals surface area (Å²) in [6.45, 7) is 8.31. The number of benzene rings is 2. The van der Waals surface area contributed by atoms with E-state index < -0.39 is 53.6 Å². The predicted octanol–water partition coefficient (Wildman–Crippen LogP) is 3.25. The molecule has 0 radical (unpaired) electrons. The lowest BCUT2D eigenvalue weighted by Gasteiger charge is -2.35. The maximum absolute atomic E-state index is 13.6. The number of nitrogens with zero attached hydrogens (tertiary/aromatic N) is 1. The van der Waals surface area contributed by atoms with E-state index in [-0.39, 0.29) is 19.1 Å². The van der Waals surface area contributed by atoms with Gasteiger partial charge in [0.25, 0.3) is 0 Å². The van der Waals surface area contributed by atoms with E-state index in [9.17, 15) is 24.3 Å². The first-order chi connectivity index (χ1) is 18.3. The number of nitrogens with one attached hydrogen (secondary N) is 2. The summed E-state index contributed by atoms with van der Waals surface area (Å²) < 4.78 is 11.1. The number of hydrogen-bond donors (Lipinski definition) is 3. The molecule has 1 fully saturated rings. The minimum Gasteiger partial charge on any atom is -0.480 e. The van der Waals surface area contributed by atoms with E-state index in [2.05, 4.69) is 10.6 Å². The zero-order valence-corrected chi connectivity index (χ0v) is 22.8. The van der Waals surface area contributed by atoms with E-state index in [0.717, 1.165) is 27.2 Å². The van der Waals surface area contributed by atoms with Crippen LogP contribution in [0.5, 0.6) is 0 Å². The number of alkyl carbamates (subject to hydrolysis) is 1. The van der Waals surface area contributed by atoms with Gasteiger partial charge in [0.2, 0.25) is 11.8 Å². The highest BCUT2D eigenvalue weighted by Crippen LogP contribution is 2.44. The summed E-state index contributed by atoms with van der Waals surface area (Å²) in [5.74, 6) is -2.66. The molecule has 208 valence electrons. The largest absolute Gasteiger partial charge is 0.480 e. The lowest BCUT2D eigenvalue weighted by molar-refractivity contribution is -0.157. The summed E-state index contributed by atoms with van der Waals surface area (Å²) in [5.41, 5.74) is 2.39. The molecule has 1 aliphatic heterocycles. The topological polar surface area (TPSA) is 134 Å². The third-order valence-corrected chi connectivity index (χ3v) is 6.85. The van der Waals surface area contributed by atoms with Crippen molar-refractivity contribution < 1.29 is 33.8 Å². The molecule has 0 aromatic heterocycles. The molecule has 2 aliphatic rings. The second kappa shape index (κ2) is 10.7. The van der Waals surface area contributed by atoms with Crippen molar-refractivity contribution in [3.8, 4) is 11.1 Å². The zero-order chi connectivity index (χ0) is 28.5. The standard InChI is InChI=1S/C29H35N3O7/c1-28(2,3)31-24(33)14-22(25(34)32-23(26(35)36)16-39-29(32,4)5)30-27(37)38-15-21-19-12-8-6-10-17(19)18-11-7-9-13-20(18)21/h6-13,21-23H,14-16H2,1-5H3,(H,30,37)(H,31,33)(H,35,36)/t22-,23-/m0/s1. The fourth-order valence-corrected chi connectivity index (χ4v) is 5.21. The van der Waals surface area contributed by atoms with Crippen LogP contribution in [0, 0.1) is 0 Å². The lowest BCUT2D eigenvalue weighted by Crippen LogP contribution is -2.58. The fraction of sp³-hybridized carbons (Fsp3) is 0.448. The first kappa shape index (κ1) is 28.1. The zero-order valence-electron chi connectivity index (χ0n) is 22.8. The van der Waals surface area contributed by atoms with Crippen molar-refractivity contribution in [2.24, 2.45) is 0 Å². The Morgan fingerprint density at radius 1 is 1.05 bits per heavy atom. The Morgan fingerprint density at radius 2 is 1.62 bits per heavy atom. The van der Waals surface area contributed by atoms with Crippen molar-refractivity contribution in [1.29, 1.82) is 0 Å². The van der Waals surface area contributed by atoms with E-state index in [1.54, 1.807) is 34.6 Å². The van der Waals surface area contributed by atoms with E-state index in [1.807, 2.05) is 48.5 Å². The number of carbonyl (C=O) groups is 4. The number of fused-ring (bicyclic) bond motifs is 3. The minimum absolute atomic E-state index is 0.0189. The molecule has 3 amide bonds. The third-order valence-electron chi connectivity index (χ3n) is 6.85. The Morgan fingerprint density at radius 3 is 2.15 bits per heavy atom. The van der Waals surface area contributed by atoms with Gasteiger partial charge in [-0.05, 0) is 56.9 Å². The van der Waals surface area contributed by atoms with Gasteiger partial charge in [0.05, 0.1) is 13.0 Å². The van der Waals surface area contributed by atoms with Gasteiger partial charge in [-0.15, -0.1) is 0 Å². The average Bonchev–Trinajstić information content (AvgIpc) is 3.34. The lowest BCUT2D eigenvalue weighted by atomic mass is 9.98. The van der Waals surface area contributed by atoms with Crippen molar-refractivity contribution in [2.75, 3.05) is 13.2 Å². The molecule has 0 unspecified atom stereocenters. The molecule has 1 heterocycles. The number of amides is 3. The van der Waals surface area contributed by atoms with Crippen molar-refractivity contribution >= 4 is 23.9 Å². The minimum atomic E-state index is -1.37. The van der Waals surface area contributed by atoms with Gasteiger partial charge in [-0.3, -0.25) is 14.5 Å². The summed E-state index contributed by atoms with van der Waals surface area (Å²) in [5, 5.41) is 15.0. The molecule has 2 atom stereocenters. The van der Waals surface area contributed by atoms with Gasteiger partial charge < -0.3 is 25.2 Å². The number of carboxylic acid groups (broad SMARTS) is 1. The summed E-state index contributed by atoms with van der Waals surface area (Å²) >= 11 is 0. The van der Waals surface area contributed by atoms with Crippen LogP contribution in [0.3, 0.4) is 0 Å². The van der Waals surface area contributed by atoms with Gasteiger partial charge in [-0.1, -0.05) is 48.5 Å². The van der Waals surface area contributed by atoms with Crippen LogP contribution < -0.4 is 10.6 Å². The van der Waals surface area contributed by atoms with Crippen LogP contribution in [-0.2, 0) is 23.9 Å². The monoisotopic (exact) mass is 537 g/mol. The molecule has 39 heavy (non-hydrogen) atoms. The maximum atomic E-state index is 13.6. The SMILES string of the molecule is CC(C)(C)NC(=O)C[C@H](NC(=O)OCC1c2ccccc2-c2ccccc21)C(=O)N1[C@H](C(=O)O)COC1(C)C. The predicted molar refractivity (Wildman–Crippen MR) is 143 cm³/mol. The van der Waals surface area contributed by atoms with E-state index in [1.165, 1.54) is 0 Å². The molecule has 1 saturated heterocycles. The molecule has 0 bridgehead atoms. The second-order valence-electron chi connectivity index (χ2n) is 11.3. The quantitative estimate of drug-likeness (QED) is 0.494. The van der Waals surface area contributed by atoms with E-state index in [4.69, 9.17) is 9.47 Å². The molecule has 3 N–H and O–H groups in total. The van der Waals surface area contributed by atoms with Crippen molar-refractivity contribution in [2.45, 2.75) is 70.3 Å². The van der Waals surface area contributed by atoms with Gasteiger partial charge in [0.15, 0.2) is 6.04 Å². The van der Waals surface area contributed by atoms with Crippen molar-refractivity contribution in [3.05, 3.63) is 59.7 Å². The molecule has 2 aromatic carbocycles. The summed E-state index contributed by atoms with van der Waals surface area (Å²) in [4.78, 5) is 52.3. The highest BCUT2D eigenvalue weighted by Gasteiger charge is 2.49. The van der Waals surface area contributed by atoms with Crippen LogP contribution in [-0.4, -0.2) is 70.4 Å². The molecular weight excluding hydrogens is 502 g/mol. The molecule has 2 aromatic rings. The van der Waals surface area contributed by atoms with Crippen LogP contribution in [0.2, 0.25) is 0 Å². The van der Waals surface area contributed by atoms with E-state index >= 15 is 0 Å². The van der Waals surface area contributed by atoms with Crippen LogP contribution in [0.25, 0.3) is 11.1 Å². The Labute approximate surface area is 227 Å². The van der Waals surface area contributed by atoms with Gasteiger partial charge >= 0.3 is 12.1 Å². The number of rotatable bonds is 7. The Bertz CT molecular complexity index is 1240. The number of ether oxygens (including phenoxy) is 2. The van der Waals surface area contributed by atoms with Gasteiger partial charge in [-0.25, -0.2) is 9.59 Å². The third kappa shape index (κ3) is 6.06. The Hall–Kier alpha value is -3.92. The molecule has 1 aliphatic carbocycles. The Kier molecular flexibility index (Phi) is 7.70. The highest BCUT2D eigenvalue weighted by molar-refractivity contribution is 5.94. The highest BCUT2D eigenvalue weighted by atomic mass is 16.6. The molecular formula is C29H35N3O7. The molecule has 0 spiro atoms. The number of carboxylic acids is 1. The molecule has 10 heteroatoms. The fourth-order valence-electron chi connectivity index (χ4n) is 5.21. The molecule has 0 saturated carbocycles. The summed E-state index contributed by atoms with van der Waals surface area (Å²) in [7, 11) is 0. The van der Waals surface area contributed by atoms with Crippen molar-refractivity contribution in [3.63, 3.8) is 0 Å². The van der Waals surface area contributed by atoms with Crippen molar-refractivity contribution in [1.82, 2.24) is 15.5 Å². The van der Waals surface area contributed by atoms with Crippen LogP contribution in [0.1, 0.15) is 58.1 Å². The average molecular weight is 538 g/mol. The van der Waals surface area contributed by atoms with E-state index in [0.29, 0.717) is 0 Å². The van der Waals surface area contributed by atoms with Crippen LogP contribution in [0.4, 0.5) is 4.79 Å². The Balaban J connectivity index is 1.52. The second-order valence-corrected chi connectivity index (χ2v) is 11.3. The first-order valence-corrected chi connectivity index (χ1v) is 12.9.